The van der Waals surface area contributed by atoms with E-state index in [0.717, 1.165) is 67.6 Å². The van der Waals surface area contributed by atoms with Gasteiger partial charge in [-0.1, -0.05) is 65.7 Å². The Bertz CT molecular complexity index is 2100. The van der Waals surface area contributed by atoms with Crippen LogP contribution in [0.1, 0.15) is 34.3 Å². The second kappa shape index (κ2) is 19.3. The van der Waals surface area contributed by atoms with Crippen LogP contribution in [0, 0.1) is 13.8 Å². The molecular formula is C42H45F3N4O5S2. The lowest BCUT2D eigenvalue weighted by Gasteiger charge is -2.36. The van der Waals surface area contributed by atoms with Gasteiger partial charge in [-0.25, -0.2) is 13.4 Å². The number of piperazine rings is 1. The van der Waals surface area contributed by atoms with Crippen molar-refractivity contribution >= 4 is 32.6 Å². The Morgan fingerprint density at radius 3 is 1.93 bits per heavy atom. The monoisotopic (exact) mass is 806 g/mol. The fraction of sp³-hybridized carbons (Fsp3) is 0.286. The van der Waals surface area contributed by atoms with Crippen LogP contribution in [-0.4, -0.2) is 80.6 Å². The quantitative estimate of drug-likeness (QED) is 0.0587. The van der Waals surface area contributed by atoms with Gasteiger partial charge in [0.25, 0.3) is 10.9 Å². The third-order valence-corrected chi connectivity index (χ3v) is 11.9. The Morgan fingerprint density at radius 1 is 0.804 bits per heavy atom. The van der Waals surface area contributed by atoms with Crippen LogP contribution in [0.15, 0.2) is 130 Å². The van der Waals surface area contributed by atoms with Crippen molar-refractivity contribution < 1.29 is 35.7 Å². The molecule has 0 atom stereocenters. The summed E-state index contributed by atoms with van der Waals surface area (Å²) in [5.41, 5.74) is 0.578. The van der Waals surface area contributed by atoms with Gasteiger partial charge in [-0.05, 0) is 87.8 Å². The van der Waals surface area contributed by atoms with Crippen LogP contribution in [0.2, 0.25) is 0 Å². The Labute approximate surface area is 329 Å². The SMILES string of the molecule is COc1ccccc1N1CCN(CCCCNC(=O)c2ccc(-c3cccc([S+](c4ccc(C)cc4)c4ccc(C)cc4)n3)cc2)CC1.O=S(=O)([O-])C(F)(F)F. The van der Waals surface area contributed by atoms with Crippen LogP contribution in [-0.2, 0) is 21.0 Å². The molecule has 1 amide bonds. The number of halogens is 3. The summed E-state index contributed by atoms with van der Waals surface area (Å²) < 4.78 is 64.5. The van der Waals surface area contributed by atoms with Crippen molar-refractivity contribution in [1.29, 1.82) is 0 Å². The lowest BCUT2D eigenvalue weighted by Crippen LogP contribution is -2.46. The molecule has 296 valence electrons. The molecule has 6 rings (SSSR count). The van der Waals surface area contributed by atoms with E-state index in [0.29, 0.717) is 12.1 Å². The van der Waals surface area contributed by atoms with E-state index in [1.165, 1.54) is 26.6 Å². The number of unbranched alkanes of at least 4 members (excludes halogenated alkanes) is 1. The molecule has 0 radical (unpaired) electrons. The second-order valence-corrected chi connectivity index (χ2v) is 16.6. The number of aromatic nitrogens is 1. The second-order valence-electron chi connectivity index (χ2n) is 13.2. The lowest BCUT2D eigenvalue weighted by molar-refractivity contribution is -0.0517. The highest BCUT2D eigenvalue weighted by molar-refractivity contribution is 7.97. The lowest BCUT2D eigenvalue weighted by atomic mass is 10.1. The molecule has 1 aliphatic heterocycles. The smallest absolute Gasteiger partial charge is 0.485 e. The van der Waals surface area contributed by atoms with E-state index in [9.17, 15) is 18.0 Å². The molecule has 0 unspecified atom stereocenters. The number of carbonyl (C=O) groups is 1. The standard InChI is InChI=1S/C41H44N4O2S.CHF3O3S/c1-31-13-21-35(22-14-31)48(36-23-15-32(2)16-24-36)40-12-8-9-37(43-40)33-17-19-34(20-18-33)41(46)42-25-6-7-26-44-27-29-45(30-28-44)38-10-4-5-11-39(38)47-3;2-1(3,4)8(5,6)7/h4-5,8-24H,6-7,25-30H2,1-3H3;(H,5,6,7). The molecule has 56 heavy (non-hydrogen) atoms. The summed E-state index contributed by atoms with van der Waals surface area (Å²) in [4.78, 5) is 25.5. The molecule has 1 aliphatic rings. The number of nitrogens with one attached hydrogen (secondary N) is 1. The predicted molar refractivity (Wildman–Crippen MR) is 213 cm³/mol. The Hall–Kier alpha value is -4.89. The van der Waals surface area contributed by atoms with Crippen LogP contribution in [0.4, 0.5) is 18.9 Å². The summed E-state index contributed by atoms with van der Waals surface area (Å²) in [6.07, 6.45) is 2.01. The minimum Gasteiger partial charge on any atom is -0.741 e. The number of amides is 1. The normalized spacial score (nSPS) is 13.5. The van der Waals surface area contributed by atoms with Gasteiger partial charge in [0.1, 0.15) is 16.6 Å². The number of pyridine rings is 1. The van der Waals surface area contributed by atoms with E-state index in [2.05, 4.69) is 102 Å². The number of benzene rings is 4. The number of carbonyl (C=O) groups excluding carboxylic acids is 1. The van der Waals surface area contributed by atoms with Crippen molar-refractivity contribution in [3.8, 4) is 17.0 Å². The van der Waals surface area contributed by atoms with E-state index in [1.807, 2.05) is 42.5 Å². The molecule has 0 spiro atoms. The molecule has 0 bridgehead atoms. The molecule has 2 heterocycles. The Balaban J connectivity index is 0.000000677. The summed E-state index contributed by atoms with van der Waals surface area (Å²) in [5.74, 6) is 0.900. The first kappa shape index (κ1) is 42.3. The van der Waals surface area contributed by atoms with Gasteiger partial charge in [-0.15, -0.1) is 0 Å². The number of ether oxygens (including phenoxy) is 1. The Morgan fingerprint density at radius 2 is 1.38 bits per heavy atom. The maximum absolute atomic E-state index is 12.9. The third kappa shape index (κ3) is 11.6. The zero-order valence-corrected chi connectivity index (χ0v) is 33.1. The van der Waals surface area contributed by atoms with Crippen molar-refractivity contribution in [3.05, 3.63) is 132 Å². The molecule has 0 aliphatic carbocycles. The summed E-state index contributed by atoms with van der Waals surface area (Å²) >= 11 is 0. The first-order valence-electron chi connectivity index (χ1n) is 18.1. The van der Waals surface area contributed by atoms with Crippen LogP contribution >= 0.6 is 0 Å². The molecule has 1 N–H and O–H groups in total. The summed E-state index contributed by atoms with van der Waals surface area (Å²) in [7, 11) is -4.69. The van der Waals surface area contributed by atoms with E-state index in [1.54, 1.807) is 7.11 Å². The van der Waals surface area contributed by atoms with Gasteiger partial charge in [-0.2, -0.15) is 13.2 Å². The summed E-state index contributed by atoms with van der Waals surface area (Å²) in [6, 6.07) is 39.8. The molecule has 0 saturated carbocycles. The molecule has 4 aromatic carbocycles. The molecule has 1 fully saturated rings. The number of nitrogens with zero attached hydrogens (tertiary/aromatic N) is 3. The van der Waals surface area contributed by atoms with Crippen molar-refractivity contribution in [3.63, 3.8) is 0 Å². The van der Waals surface area contributed by atoms with Crippen molar-refractivity contribution in [2.45, 2.75) is 47.0 Å². The zero-order chi connectivity index (χ0) is 40.3. The van der Waals surface area contributed by atoms with Gasteiger partial charge in [-0.3, -0.25) is 9.69 Å². The number of anilines is 1. The maximum Gasteiger partial charge on any atom is 0.485 e. The number of aryl methyl sites for hydroxylation is 2. The number of hydrogen-bond acceptors (Lipinski definition) is 8. The first-order valence-corrected chi connectivity index (χ1v) is 20.7. The van der Waals surface area contributed by atoms with Crippen LogP contribution in [0.3, 0.4) is 0 Å². The summed E-state index contributed by atoms with van der Waals surface area (Å²) in [6.45, 7) is 10.0. The van der Waals surface area contributed by atoms with Gasteiger partial charge in [0.05, 0.1) is 18.5 Å². The van der Waals surface area contributed by atoms with Crippen molar-refractivity contribution in [1.82, 2.24) is 15.2 Å². The molecular weight excluding hydrogens is 762 g/mol. The van der Waals surface area contributed by atoms with E-state index in [-0.39, 0.29) is 16.8 Å². The van der Waals surface area contributed by atoms with Gasteiger partial charge in [0.15, 0.2) is 19.9 Å². The number of rotatable bonds is 12. The molecule has 1 aromatic heterocycles. The van der Waals surface area contributed by atoms with Gasteiger partial charge in [0, 0.05) is 49.9 Å². The van der Waals surface area contributed by atoms with Crippen LogP contribution in [0.25, 0.3) is 11.3 Å². The predicted octanol–water partition coefficient (Wildman–Crippen LogP) is 7.85. The largest absolute Gasteiger partial charge is 0.741 e. The molecule has 5 aromatic rings. The Kier molecular flexibility index (Phi) is 14.6. The molecule has 14 heteroatoms. The number of alkyl halides is 3. The first-order chi connectivity index (χ1) is 26.7. The van der Waals surface area contributed by atoms with Gasteiger partial charge < -0.3 is 19.5 Å². The zero-order valence-electron chi connectivity index (χ0n) is 31.5. The van der Waals surface area contributed by atoms with Crippen LogP contribution < -0.4 is 15.0 Å². The fourth-order valence-electron chi connectivity index (χ4n) is 6.08. The van der Waals surface area contributed by atoms with Crippen molar-refractivity contribution in [2.24, 2.45) is 0 Å². The highest BCUT2D eigenvalue weighted by Crippen LogP contribution is 2.32. The fourth-order valence-corrected chi connectivity index (χ4v) is 8.05. The summed E-state index contributed by atoms with van der Waals surface area (Å²) in [5, 5.41) is 4.14. The van der Waals surface area contributed by atoms with E-state index < -0.39 is 15.6 Å². The van der Waals surface area contributed by atoms with Gasteiger partial charge in [0.2, 0.25) is 0 Å². The highest BCUT2D eigenvalue weighted by Gasteiger charge is 2.37. The van der Waals surface area contributed by atoms with Crippen LogP contribution in [0.5, 0.6) is 5.75 Å². The molecule has 1 saturated heterocycles. The molecule has 9 nitrogen and oxygen atoms in total. The van der Waals surface area contributed by atoms with E-state index >= 15 is 0 Å². The number of methoxy groups -OCH3 is 1. The number of hydrogen-bond donors (Lipinski definition) is 1. The highest BCUT2D eigenvalue weighted by atomic mass is 32.2. The average Bonchev–Trinajstić information content (AvgIpc) is 3.19. The minimum atomic E-state index is -6.09. The maximum atomic E-state index is 12.9. The topological polar surface area (TPSA) is 115 Å². The minimum absolute atomic E-state index is 0.0334. The third-order valence-electron chi connectivity index (χ3n) is 9.16. The van der Waals surface area contributed by atoms with E-state index in [4.69, 9.17) is 22.7 Å². The average molecular weight is 807 g/mol. The number of para-hydroxylation sites is 2. The van der Waals surface area contributed by atoms with Crippen molar-refractivity contribution in [2.75, 3.05) is 51.3 Å². The van der Waals surface area contributed by atoms with Gasteiger partial charge >= 0.3 is 5.51 Å².